The molecule has 2 heterocycles. The van der Waals surface area contributed by atoms with Gasteiger partial charge in [-0.2, -0.15) is 5.10 Å². The summed E-state index contributed by atoms with van der Waals surface area (Å²) in [7, 11) is 0. The zero-order valence-electron chi connectivity index (χ0n) is 15.5. The van der Waals surface area contributed by atoms with Crippen LogP contribution in [0.25, 0.3) is 0 Å². The Labute approximate surface area is 172 Å². The number of hydrogen-bond acceptors (Lipinski definition) is 4. The van der Waals surface area contributed by atoms with Gasteiger partial charge < -0.3 is 5.32 Å². The fraction of sp³-hybridized carbons (Fsp3) is 0.333. The molecule has 148 valence electrons. The summed E-state index contributed by atoms with van der Waals surface area (Å²) in [5.74, 6) is -0.686. The number of imide groups is 1. The molecule has 1 aromatic carbocycles. The van der Waals surface area contributed by atoms with E-state index in [1.54, 1.807) is 23.0 Å². The van der Waals surface area contributed by atoms with E-state index in [0.717, 1.165) is 16.9 Å². The molecule has 1 saturated heterocycles. The molecule has 3 amide bonds. The van der Waals surface area contributed by atoms with E-state index in [1.807, 2.05) is 30.4 Å². The molecule has 3 aliphatic rings. The van der Waals surface area contributed by atoms with E-state index in [9.17, 15) is 14.4 Å². The van der Waals surface area contributed by atoms with E-state index in [2.05, 4.69) is 10.4 Å². The summed E-state index contributed by atoms with van der Waals surface area (Å²) in [5, 5.41) is 7.62. The number of allylic oxidation sites excluding steroid dienone is 2. The molecule has 2 aromatic rings. The number of hydrogen-bond donors (Lipinski definition) is 1. The summed E-state index contributed by atoms with van der Waals surface area (Å²) < 4.78 is 1.63. The zero-order chi connectivity index (χ0) is 20.1. The smallest absolute Gasteiger partial charge is 0.245 e. The number of anilines is 1. The lowest BCUT2D eigenvalue weighted by Crippen LogP contribution is -2.39. The summed E-state index contributed by atoms with van der Waals surface area (Å²) >= 11 is 6.02. The van der Waals surface area contributed by atoms with Crippen molar-refractivity contribution in [1.29, 1.82) is 0 Å². The van der Waals surface area contributed by atoms with Crippen molar-refractivity contribution in [3.63, 3.8) is 0 Å². The number of fused-ring (bicyclic) bond motifs is 5. The van der Waals surface area contributed by atoms with Gasteiger partial charge in [-0.05, 0) is 36.0 Å². The second kappa shape index (κ2) is 6.84. The zero-order valence-corrected chi connectivity index (χ0v) is 16.2. The van der Waals surface area contributed by atoms with Gasteiger partial charge in [0.1, 0.15) is 12.4 Å². The number of halogens is 1. The fourth-order valence-corrected chi connectivity index (χ4v) is 5.03. The average Bonchev–Trinajstić information content (AvgIpc) is 3.45. The van der Waals surface area contributed by atoms with E-state index < -0.39 is 5.91 Å². The summed E-state index contributed by atoms with van der Waals surface area (Å²) in [6.07, 6.45) is 6.53. The Morgan fingerprint density at radius 3 is 2.55 bits per heavy atom. The first-order valence-electron chi connectivity index (χ1n) is 9.61. The molecule has 4 atom stereocenters. The maximum Gasteiger partial charge on any atom is 0.245 e. The standard InChI is InChI=1S/C21H19ClN4O3/c22-15-3-1-2-12(8-15)10-26-16(6-7-23-26)24-17(27)11-25-20(28)18-13-4-5-14(9-13)19(18)21(25)29/h1-8,13-14,18-19H,9-11H2,(H,24,27). The van der Waals surface area contributed by atoms with Crippen molar-refractivity contribution in [2.75, 3.05) is 11.9 Å². The Morgan fingerprint density at radius 1 is 1.14 bits per heavy atom. The van der Waals surface area contributed by atoms with Gasteiger partial charge in [-0.1, -0.05) is 35.9 Å². The quantitative estimate of drug-likeness (QED) is 0.605. The number of amides is 3. The number of carbonyl (C=O) groups is 3. The maximum absolute atomic E-state index is 12.7. The molecule has 2 fully saturated rings. The number of nitrogens with zero attached hydrogens (tertiary/aromatic N) is 3. The molecule has 1 aromatic heterocycles. The van der Waals surface area contributed by atoms with E-state index in [1.165, 1.54) is 0 Å². The van der Waals surface area contributed by atoms with Crippen molar-refractivity contribution in [2.45, 2.75) is 13.0 Å². The van der Waals surface area contributed by atoms with Crippen LogP contribution < -0.4 is 5.32 Å². The summed E-state index contributed by atoms with van der Waals surface area (Å²) in [4.78, 5) is 39.2. The highest BCUT2D eigenvalue weighted by molar-refractivity contribution is 6.30. The van der Waals surface area contributed by atoms with Crippen LogP contribution in [0, 0.1) is 23.7 Å². The second-order valence-corrected chi connectivity index (χ2v) is 8.25. The Hall–Kier alpha value is -2.93. The highest BCUT2D eigenvalue weighted by Gasteiger charge is 2.59. The molecule has 0 radical (unpaired) electrons. The number of likely N-dealkylation sites (tertiary alicyclic amines) is 1. The van der Waals surface area contributed by atoms with Crippen molar-refractivity contribution in [3.05, 3.63) is 59.3 Å². The van der Waals surface area contributed by atoms with Crippen LogP contribution in [0.3, 0.4) is 0 Å². The number of aromatic nitrogens is 2. The maximum atomic E-state index is 12.7. The van der Waals surface area contributed by atoms with E-state index in [4.69, 9.17) is 11.6 Å². The monoisotopic (exact) mass is 410 g/mol. The number of carbonyl (C=O) groups excluding carboxylic acids is 3. The minimum absolute atomic E-state index is 0.133. The fourth-order valence-electron chi connectivity index (χ4n) is 4.82. The predicted molar refractivity (Wildman–Crippen MR) is 106 cm³/mol. The molecule has 2 bridgehead atoms. The number of benzene rings is 1. The third-order valence-corrected chi connectivity index (χ3v) is 6.30. The van der Waals surface area contributed by atoms with Crippen molar-refractivity contribution >= 4 is 35.1 Å². The molecule has 8 heteroatoms. The van der Waals surface area contributed by atoms with Crippen molar-refractivity contribution in [1.82, 2.24) is 14.7 Å². The molecule has 0 spiro atoms. The van der Waals surface area contributed by atoms with Crippen LogP contribution in [0.15, 0.2) is 48.7 Å². The summed E-state index contributed by atoms with van der Waals surface area (Å²) in [5.41, 5.74) is 0.942. The third kappa shape index (κ3) is 3.06. The van der Waals surface area contributed by atoms with Gasteiger partial charge in [0.2, 0.25) is 17.7 Å². The third-order valence-electron chi connectivity index (χ3n) is 6.07. The molecule has 29 heavy (non-hydrogen) atoms. The summed E-state index contributed by atoms with van der Waals surface area (Å²) in [6, 6.07) is 9.06. The van der Waals surface area contributed by atoms with Gasteiger partial charge in [0.25, 0.3) is 0 Å². The lowest BCUT2D eigenvalue weighted by molar-refractivity contribution is -0.143. The Kier molecular flexibility index (Phi) is 4.28. The summed E-state index contributed by atoms with van der Waals surface area (Å²) in [6.45, 7) is 0.163. The van der Waals surface area contributed by atoms with Crippen LogP contribution in [-0.2, 0) is 20.9 Å². The molecule has 1 N–H and O–H groups in total. The van der Waals surface area contributed by atoms with Gasteiger partial charge in [0.05, 0.1) is 24.6 Å². The van der Waals surface area contributed by atoms with Gasteiger partial charge >= 0.3 is 0 Å². The largest absolute Gasteiger partial charge is 0.309 e. The normalized spacial score (nSPS) is 27.0. The van der Waals surface area contributed by atoms with Crippen molar-refractivity contribution < 1.29 is 14.4 Å². The SMILES string of the molecule is O=C(CN1C(=O)C2C3C=CC(C3)C2C1=O)Nc1ccnn1Cc1cccc(Cl)c1. The first kappa shape index (κ1) is 18.1. The average molecular weight is 411 g/mol. The van der Waals surface area contributed by atoms with Crippen LogP contribution in [-0.4, -0.2) is 38.9 Å². The van der Waals surface area contributed by atoms with Crippen LogP contribution in [0.4, 0.5) is 5.82 Å². The second-order valence-electron chi connectivity index (χ2n) is 7.81. The predicted octanol–water partition coefficient (Wildman–Crippen LogP) is 2.33. The van der Waals surface area contributed by atoms with Crippen molar-refractivity contribution in [3.8, 4) is 0 Å². The lowest BCUT2D eigenvalue weighted by Gasteiger charge is -2.17. The number of rotatable bonds is 5. The van der Waals surface area contributed by atoms with Gasteiger partial charge in [0.15, 0.2) is 0 Å². The van der Waals surface area contributed by atoms with Gasteiger partial charge in [-0.15, -0.1) is 0 Å². The highest BCUT2D eigenvalue weighted by Crippen LogP contribution is 2.52. The van der Waals surface area contributed by atoms with Crippen LogP contribution >= 0.6 is 11.6 Å². The molecular weight excluding hydrogens is 392 g/mol. The van der Waals surface area contributed by atoms with Crippen molar-refractivity contribution in [2.24, 2.45) is 23.7 Å². The van der Waals surface area contributed by atoms with Crippen LogP contribution in [0.2, 0.25) is 5.02 Å². The van der Waals surface area contributed by atoms with E-state index in [-0.39, 0.29) is 42.0 Å². The molecule has 5 rings (SSSR count). The van der Waals surface area contributed by atoms with E-state index in [0.29, 0.717) is 17.4 Å². The molecular formula is C21H19ClN4O3. The van der Waals surface area contributed by atoms with Gasteiger partial charge in [-0.3, -0.25) is 19.3 Å². The molecule has 1 saturated carbocycles. The first-order chi connectivity index (χ1) is 14.0. The first-order valence-corrected chi connectivity index (χ1v) is 9.99. The Morgan fingerprint density at radius 2 is 1.86 bits per heavy atom. The molecule has 1 aliphatic heterocycles. The minimum atomic E-state index is -0.417. The highest BCUT2D eigenvalue weighted by atomic mass is 35.5. The number of nitrogens with one attached hydrogen (secondary N) is 1. The Balaban J connectivity index is 1.26. The molecule has 4 unspecified atom stereocenters. The van der Waals surface area contributed by atoms with Crippen LogP contribution in [0.1, 0.15) is 12.0 Å². The Bertz CT molecular complexity index is 1020. The minimum Gasteiger partial charge on any atom is -0.309 e. The topological polar surface area (TPSA) is 84.3 Å². The van der Waals surface area contributed by atoms with E-state index >= 15 is 0 Å². The lowest BCUT2D eigenvalue weighted by atomic mass is 9.85. The van der Waals surface area contributed by atoms with Gasteiger partial charge in [-0.25, -0.2) is 4.68 Å². The molecule has 2 aliphatic carbocycles. The van der Waals surface area contributed by atoms with Gasteiger partial charge in [0, 0.05) is 11.1 Å². The van der Waals surface area contributed by atoms with Crippen LogP contribution in [0.5, 0.6) is 0 Å². The molecule has 7 nitrogen and oxygen atoms in total.